The molecule has 0 atom stereocenters. The van der Waals surface area contributed by atoms with Crippen LogP contribution in [0.5, 0.6) is 5.75 Å². The summed E-state index contributed by atoms with van der Waals surface area (Å²) < 4.78 is 5.64. The van der Waals surface area contributed by atoms with E-state index in [1.54, 1.807) is 12.4 Å². The van der Waals surface area contributed by atoms with Crippen molar-refractivity contribution in [3.63, 3.8) is 0 Å². The molecular weight excluding hydrogens is 260 g/mol. The van der Waals surface area contributed by atoms with Gasteiger partial charge in [-0.05, 0) is 25.1 Å². The Labute approximate surface area is 117 Å². The molecule has 2 heterocycles. The molecule has 0 fully saturated rings. The van der Waals surface area contributed by atoms with E-state index in [0.717, 1.165) is 17.0 Å². The Kier molecular flexibility index (Phi) is 4.77. The third kappa shape index (κ3) is 4.27. The van der Waals surface area contributed by atoms with Crippen LogP contribution >= 0.6 is 11.6 Å². The van der Waals surface area contributed by atoms with Crippen LogP contribution < -0.4 is 4.74 Å². The Balaban J connectivity index is 2.03. The summed E-state index contributed by atoms with van der Waals surface area (Å²) in [6, 6.07) is 7.68. The molecule has 0 aliphatic carbocycles. The normalized spacial score (nSPS) is 9.58. The molecule has 19 heavy (non-hydrogen) atoms. The number of halogens is 1. The van der Waals surface area contributed by atoms with Crippen molar-refractivity contribution in [3.05, 3.63) is 53.6 Å². The van der Waals surface area contributed by atoms with Crippen molar-refractivity contribution in [2.45, 2.75) is 13.5 Å². The molecule has 0 spiro atoms. The number of rotatable bonds is 3. The van der Waals surface area contributed by atoms with E-state index in [9.17, 15) is 0 Å². The van der Waals surface area contributed by atoms with Gasteiger partial charge in [-0.1, -0.05) is 17.9 Å². The summed E-state index contributed by atoms with van der Waals surface area (Å²) in [5.41, 5.74) is 2.65. The minimum atomic E-state index is 0.304. The Bertz CT molecular complexity index is 617. The second kappa shape index (κ2) is 6.77. The highest BCUT2D eigenvalue weighted by molar-refractivity contribution is 6.19. The Morgan fingerprint density at radius 1 is 1.32 bits per heavy atom. The van der Waals surface area contributed by atoms with E-state index in [1.807, 2.05) is 31.2 Å². The molecule has 2 aromatic rings. The Morgan fingerprint density at radius 3 is 3.00 bits per heavy atom. The largest absolute Gasteiger partial charge is 0.486 e. The van der Waals surface area contributed by atoms with Crippen molar-refractivity contribution in [2.75, 3.05) is 5.88 Å². The first-order valence-electron chi connectivity index (χ1n) is 5.83. The molecule has 0 saturated heterocycles. The predicted octanol–water partition coefficient (Wildman–Crippen LogP) is 2.95. The summed E-state index contributed by atoms with van der Waals surface area (Å²) >= 11 is 5.51. The molecular formula is C15H13ClN2O. The van der Waals surface area contributed by atoms with Gasteiger partial charge in [-0.25, -0.2) is 0 Å². The molecule has 0 amide bonds. The molecule has 0 aliphatic rings. The van der Waals surface area contributed by atoms with E-state index >= 15 is 0 Å². The molecule has 0 saturated carbocycles. The third-order valence-corrected chi connectivity index (χ3v) is 2.48. The van der Waals surface area contributed by atoms with Crippen molar-refractivity contribution in [1.29, 1.82) is 0 Å². The van der Waals surface area contributed by atoms with Gasteiger partial charge in [-0.2, -0.15) is 0 Å². The van der Waals surface area contributed by atoms with E-state index in [2.05, 4.69) is 21.8 Å². The van der Waals surface area contributed by atoms with Crippen LogP contribution in [0.4, 0.5) is 0 Å². The smallest absolute Gasteiger partial charge is 0.139 e. The standard InChI is InChI=1S/C15H13ClN2O/c1-12-4-2-6-14(18-12)11-19-15-8-13(5-3-7-16)9-17-10-15/h2,4,6,8-10H,7,11H2,1H3. The van der Waals surface area contributed by atoms with Gasteiger partial charge in [-0.3, -0.25) is 9.97 Å². The number of ether oxygens (including phenoxy) is 1. The third-order valence-electron chi connectivity index (χ3n) is 2.35. The molecule has 2 aromatic heterocycles. The summed E-state index contributed by atoms with van der Waals surface area (Å²) in [5, 5.41) is 0. The second-order valence-corrected chi connectivity index (χ2v) is 4.17. The van der Waals surface area contributed by atoms with Crippen LogP contribution in [0.15, 0.2) is 36.7 Å². The molecule has 0 aliphatic heterocycles. The van der Waals surface area contributed by atoms with E-state index in [-0.39, 0.29) is 0 Å². The van der Waals surface area contributed by atoms with E-state index < -0.39 is 0 Å². The van der Waals surface area contributed by atoms with Crippen molar-refractivity contribution in [1.82, 2.24) is 9.97 Å². The number of nitrogens with zero attached hydrogens (tertiary/aromatic N) is 2. The lowest BCUT2D eigenvalue weighted by Crippen LogP contribution is -1.99. The fourth-order valence-electron chi connectivity index (χ4n) is 1.54. The fraction of sp³-hybridized carbons (Fsp3) is 0.200. The van der Waals surface area contributed by atoms with Crippen molar-refractivity contribution in [3.8, 4) is 17.6 Å². The summed E-state index contributed by atoms with van der Waals surface area (Å²) in [5.74, 6) is 6.66. The lowest BCUT2D eigenvalue weighted by Gasteiger charge is -2.06. The van der Waals surface area contributed by atoms with Gasteiger partial charge in [0.25, 0.3) is 0 Å². The Morgan fingerprint density at radius 2 is 2.21 bits per heavy atom. The lowest BCUT2D eigenvalue weighted by molar-refractivity contribution is 0.300. The highest BCUT2D eigenvalue weighted by Crippen LogP contribution is 2.12. The second-order valence-electron chi connectivity index (χ2n) is 3.90. The van der Waals surface area contributed by atoms with Crippen LogP contribution in [0, 0.1) is 18.8 Å². The zero-order chi connectivity index (χ0) is 13.5. The summed E-state index contributed by atoms with van der Waals surface area (Å²) in [4.78, 5) is 8.45. The summed E-state index contributed by atoms with van der Waals surface area (Å²) in [6.07, 6.45) is 3.33. The van der Waals surface area contributed by atoms with E-state index in [1.165, 1.54) is 0 Å². The minimum Gasteiger partial charge on any atom is -0.486 e. The molecule has 3 nitrogen and oxygen atoms in total. The average molecular weight is 273 g/mol. The number of hydrogen-bond acceptors (Lipinski definition) is 3. The first-order valence-corrected chi connectivity index (χ1v) is 6.36. The van der Waals surface area contributed by atoms with E-state index in [0.29, 0.717) is 18.2 Å². The zero-order valence-corrected chi connectivity index (χ0v) is 11.3. The summed E-state index contributed by atoms with van der Waals surface area (Å²) in [7, 11) is 0. The van der Waals surface area contributed by atoms with Gasteiger partial charge in [-0.15, -0.1) is 11.6 Å². The van der Waals surface area contributed by atoms with Crippen LogP contribution in [-0.4, -0.2) is 15.8 Å². The zero-order valence-electron chi connectivity index (χ0n) is 10.6. The maximum Gasteiger partial charge on any atom is 0.139 e. The van der Waals surface area contributed by atoms with Gasteiger partial charge in [0.05, 0.1) is 17.8 Å². The van der Waals surface area contributed by atoms with Crippen LogP contribution in [0.25, 0.3) is 0 Å². The first-order chi connectivity index (χ1) is 9.28. The number of aryl methyl sites for hydroxylation is 1. The quantitative estimate of drug-likeness (QED) is 0.636. The van der Waals surface area contributed by atoms with Crippen LogP contribution in [-0.2, 0) is 6.61 Å². The maximum absolute atomic E-state index is 5.64. The van der Waals surface area contributed by atoms with E-state index in [4.69, 9.17) is 16.3 Å². The van der Waals surface area contributed by atoms with Crippen molar-refractivity contribution >= 4 is 11.6 Å². The highest BCUT2D eigenvalue weighted by Gasteiger charge is 1.99. The van der Waals surface area contributed by atoms with Gasteiger partial charge in [0.15, 0.2) is 0 Å². The van der Waals surface area contributed by atoms with Crippen molar-refractivity contribution in [2.24, 2.45) is 0 Å². The molecule has 0 unspecified atom stereocenters. The maximum atomic E-state index is 5.64. The number of alkyl halides is 1. The minimum absolute atomic E-state index is 0.304. The molecule has 0 aromatic carbocycles. The number of pyridine rings is 2. The molecule has 0 radical (unpaired) electrons. The molecule has 4 heteroatoms. The van der Waals surface area contributed by atoms with Gasteiger partial charge < -0.3 is 4.74 Å². The molecule has 0 bridgehead atoms. The Hall–Kier alpha value is -2.05. The first kappa shape index (κ1) is 13.4. The van der Waals surface area contributed by atoms with Gasteiger partial charge in [0, 0.05) is 17.5 Å². The molecule has 0 N–H and O–H groups in total. The monoisotopic (exact) mass is 272 g/mol. The fourth-order valence-corrected chi connectivity index (χ4v) is 1.61. The summed E-state index contributed by atoms with van der Waals surface area (Å²) in [6.45, 7) is 2.36. The van der Waals surface area contributed by atoms with Gasteiger partial charge >= 0.3 is 0 Å². The van der Waals surface area contributed by atoms with Crippen LogP contribution in [0.3, 0.4) is 0 Å². The topological polar surface area (TPSA) is 35.0 Å². The average Bonchev–Trinajstić information content (AvgIpc) is 2.43. The predicted molar refractivity (Wildman–Crippen MR) is 75.1 cm³/mol. The number of hydrogen-bond donors (Lipinski definition) is 0. The van der Waals surface area contributed by atoms with Gasteiger partial charge in [0.1, 0.15) is 12.4 Å². The van der Waals surface area contributed by atoms with Crippen LogP contribution in [0.1, 0.15) is 17.0 Å². The number of aromatic nitrogens is 2. The van der Waals surface area contributed by atoms with Crippen LogP contribution in [0.2, 0.25) is 0 Å². The van der Waals surface area contributed by atoms with Gasteiger partial charge in [0.2, 0.25) is 0 Å². The lowest BCUT2D eigenvalue weighted by atomic mass is 10.3. The van der Waals surface area contributed by atoms with Crippen molar-refractivity contribution < 1.29 is 4.74 Å². The molecule has 2 rings (SSSR count). The SMILES string of the molecule is Cc1cccc(COc2cncc(C#CCCl)c2)n1. The molecule has 96 valence electrons. The highest BCUT2D eigenvalue weighted by atomic mass is 35.5.